The third-order valence-corrected chi connectivity index (χ3v) is 9.19. The molecule has 0 aromatic heterocycles. The monoisotopic (exact) mass is 495 g/mol. The van der Waals surface area contributed by atoms with Gasteiger partial charge in [0.25, 0.3) is 0 Å². The number of hydrazine groups is 1. The fourth-order valence-corrected chi connectivity index (χ4v) is 6.74. The van der Waals surface area contributed by atoms with Crippen molar-refractivity contribution >= 4 is 17.7 Å². The molecule has 3 saturated heterocycles. The summed E-state index contributed by atoms with van der Waals surface area (Å²) in [6.07, 6.45) is -0.830. The largest absolute Gasteiger partial charge is 0.403 e. The number of ether oxygens (including phenoxy) is 1. The van der Waals surface area contributed by atoms with Gasteiger partial charge in [0.2, 0.25) is 5.91 Å². The molecule has 0 bridgehead atoms. The zero-order valence-corrected chi connectivity index (χ0v) is 20.0. The summed E-state index contributed by atoms with van der Waals surface area (Å²) in [6.45, 7) is 3.03. The van der Waals surface area contributed by atoms with Gasteiger partial charge in [-0.25, -0.2) is 10.9 Å². The maximum atomic E-state index is 13.5. The minimum Gasteiger partial charge on any atom is -0.385 e. The van der Waals surface area contributed by atoms with Crippen LogP contribution in [-0.2, 0) is 9.53 Å². The van der Waals surface area contributed by atoms with Gasteiger partial charge < -0.3 is 15.2 Å². The molecule has 0 radical (unpaired) electrons. The van der Waals surface area contributed by atoms with Crippen molar-refractivity contribution in [2.45, 2.75) is 86.1 Å². The number of carbonyl (C=O) groups excluding carboxylic acids is 1. The van der Waals surface area contributed by atoms with E-state index in [-0.39, 0.29) is 37.6 Å². The molecule has 1 saturated carbocycles. The molecule has 0 aromatic carbocycles. The summed E-state index contributed by atoms with van der Waals surface area (Å²) in [5.74, 6) is -0.604. The lowest BCUT2D eigenvalue weighted by atomic mass is 9.74. The SMILES string of the molecule is C[C@H](SC1NNCN1C)C1CCCC(NC(=O)C2CC(C3(O)COC3)CC(C(F)(F)F)N2)C1. The van der Waals surface area contributed by atoms with Gasteiger partial charge in [0.05, 0.1) is 25.9 Å². The lowest BCUT2D eigenvalue weighted by molar-refractivity contribution is -0.228. The summed E-state index contributed by atoms with van der Waals surface area (Å²) >= 11 is 1.85. The van der Waals surface area contributed by atoms with Gasteiger partial charge in [0.1, 0.15) is 17.1 Å². The molecule has 4 rings (SSSR count). The molecule has 6 unspecified atom stereocenters. The summed E-state index contributed by atoms with van der Waals surface area (Å²) in [7, 11) is 2.05. The Morgan fingerprint density at radius 1 is 1.27 bits per heavy atom. The lowest BCUT2D eigenvalue weighted by Gasteiger charge is -2.48. The van der Waals surface area contributed by atoms with E-state index in [1.807, 2.05) is 18.8 Å². The first-order chi connectivity index (χ1) is 15.5. The van der Waals surface area contributed by atoms with Gasteiger partial charge in [-0.05, 0) is 51.0 Å². The first-order valence-corrected chi connectivity index (χ1v) is 12.8. The average molecular weight is 496 g/mol. The molecule has 190 valence electrons. The molecular formula is C21H36F3N5O3S. The fourth-order valence-electron chi connectivity index (χ4n) is 5.43. The molecule has 12 heteroatoms. The maximum Gasteiger partial charge on any atom is 0.403 e. The van der Waals surface area contributed by atoms with Gasteiger partial charge in [0, 0.05) is 11.3 Å². The highest BCUT2D eigenvalue weighted by atomic mass is 32.2. The Labute approximate surface area is 197 Å². The van der Waals surface area contributed by atoms with E-state index < -0.39 is 35.7 Å². The van der Waals surface area contributed by atoms with E-state index in [9.17, 15) is 23.1 Å². The lowest BCUT2D eigenvalue weighted by Crippen LogP contribution is -2.65. The Hall–Kier alpha value is -0.630. The number of rotatable bonds is 6. The van der Waals surface area contributed by atoms with Crippen LogP contribution in [0.5, 0.6) is 0 Å². The van der Waals surface area contributed by atoms with Crippen LogP contribution < -0.4 is 21.5 Å². The first-order valence-electron chi connectivity index (χ1n) is 11.8. The average Bonchev–Trinajstić information content (AvgIpc) is 3.15. The Balaban J connectivity index is 1.34. The highest BCUT2D eigenvalue weighted by Gasteiger charge is 2.53. The van der Waals surface area contributed by atoms with Crippen LogP contribution >= 0.6 is 11.8 Å². The molecule has 4 aliphatic rings. The second-order valence-corrected chi connectivity index (χ2v) is 11.6. The molecule has 1 aliphatic carbocycles. The highest BCUT2D eigenvalue weighted by Crippen LogP contribution is 2.40. The molecule has 5 N–H and O–H groups in total. The van der Waals surface area contributed by atoms with Gasteiger partial charge >= 0.3 is 6.18 Å². The number of alkyl halides is 3. The van der Waals surface area contributed by atoms with Crippen molar-refractivity contribution in [1.29, 1.82) is 0 Å². The van der Waals surface area contributed by atoms with Gasteiger partial charge in [-0.1, -0.05) is 13.3 Å². The zero-order valence-electron chi connectivity index (χ0n) is 19.2. The zero-order chi connectivity index (χ0) is 23.8. The molecule has 1 amide bonds. The van der Waals surface area contributed by atoms with E-state index in [0.29, 0.717) is 11.2 Å². The Morgan fingerprint density at radius 3 is 2.64 bits per heavy atom. The van der Waals surface area contributed by atoms with Crippen molar-refractivity contribution < 1.29 is 27.8 Å². The number of nitrogens with one attached hydrogen (secondary N) is 4. The Kier molecular flexibility index (Phi) is 7.84. The van der Waals surface area contributed by atoms with E-state index >= 15 is 0 Å². The second-order valence-electron chi connectivity index (χ2n) is 10.1. The number of piperidine rings is 1. The molecule has 8 nitrogen and oxygen atoms in total. The van der Waals surface area contributed by atoms with Crippen LogP contribution in [0, 0.1) is 11.8 Å². The quantitative estimate of drug-likeness (QED) is 0.374. The van der Waals surface area contributed by atoms with Gasteiger partial charge in [-0.2, -0.15) is 13.2 Å². The summed E-state index contributed by atoms with van der Waals surface area (Å²) in [4.78, 5) is 15.2. The predicted molar refractivity (Wildman–Crippen MR) is 119 cm³/mol. The van der Waals surface area contributed by atoms with Crippen LogP contribution in [0.4, 0.5) is 13.2 Å². The molecule has 0 aromatic rings. The van der Waals surface area contributed by atoms with Crippen LogP contribution in [0.1, 0.15) is 45.4 Å². The number of hydrogen-bond donors (Lipinski definition) is 5. The molecule has 3 heterocycles. The number of thioether (sulfide) groups is 1. The molecule has 3 aliphatic heterocycles. The molecule has 0 spiro atoms. The van der Waals surface area contributed by atoms with E-state index in [2.05, 4.69) is 33.3 Å². The van der Waals surface area contributed by atoms with Gasteiger partial charge in [0.15, 0.2) is 0 Å². The number of carbonyl (C=O) groups is 1. The van der Waals surface area contributed by atoms with Gasteiger partial charge in [-0.3, -0.25) is 15.0 Å². The van der Waals surface area contributed by atoms with Crippen LogP contribution in [0.25, 0.3) is 0 Å². The molecule has 4 fully saturated rings. The summed E-state index contributed by atoms with van der Waals surface area (Å²) in [5.41, 5.74) is 5.29. The van der Waals surface area contributed by atoms with Crippen molar-refractivity contribution in [3.8, 4) is 0 Å². The Morgan fingerprint density at radius 2 is 2.03 bits per heavy atom. The topological polar surface area (TPSA) is 97.9 Å². The number of amides is 1. The number of hydrogen-bond acceptors (Lipinski definition) is 8. The van der Waals surface area contributed by atoms with Crippen LogP contribution in [0.3, 0.4) is 0 Å². The van der Waals surface area contributed by atoms with Crippen molar-refractivity contribution in [2.24, 2.45) is 11.8 Å². The van der Waals surface area contributed by atoms with Crippen LogP contribution in [-0.4, -0.2) is 83.5 Å². The van der Waals surface area contributed by atoms with E-state index in [1.165, 1.54) is 0 Å². The van der Waals surface area contributed by atoms with E-state index in [4.69, 9.17) is 4.74 Å². The standard InChI is InChI=1S/C21H36F3N5O3S/c1-12(33-19-28-25-11-29(19)2)13-4-3-5-15(6-13)26-18(30)16-7-14(20(31)9-32-10-20)8-17(27-16)21(22,23)24/h12-17,19,25,27-28,31H,3-11H2,1-2H3,(H,26,30)/t12-,13?,14?,15?,16?,17?,19?/m0/s1. The van der Waals surface area contributed by atoms with Crippen molar-refractivity contribution in [3.63, 3.8) is 0 Å². The summed E-state index contributed by atoms with van der Waals surface area (Å²) in [5, 5.41) is 16.5. The molecule has 33 heavy (non-hydrogen) atoms. The third-order valence-electron chi connectivity index (χ3n) is 7.64. The second kappa shape index (κ2) is 10.2. The summed E-state index contributed by atoms with van der Waals surface area (Å²) in [6, 6.07) is -2.83. The first kappa shape index (κ1) is 25.5. The maximum absolute atomic E-state index is 13.5. The highest BCUT2D eigenvalue weighted by molar-refractivity contribution is 8.00. The van der Waals surface area contributed by atoms with Crippen LogP contribution in [0.15, 0.2) is 0 Å². The third kappa shape index (κ3) is 5.96. The molecular weight excluding hydrogens is 459 g/mol. The number of halogens is 3. The summed E-state index contributed by atoms with van der Waals surface area (Å²) < 4.78 is 45.6. The minimum atomic E-state index is -4.48. The smallest absolute Gasteiger partial charge is 0.385 e. The van der Waals surface area contributed by atoms with Crippen molar-refractivity contribution in [3.05, 3.63) is 0 Å². The number of aliphatic hydroxyl groups is 1. The fraction of sp³-hybridized carbons (Fsp3) is 0.952. The van der Waals surface area contributed by atoms with Gasteiger partial charge in [-0.15, -0.1) is 11.8 Å². The van der Waals surface area contributed by atoms with E-state index in [1.54, 1.807) is 0 Å². The minimum absolute atomic E-state index is 0.0248. The number of nitrogens with zero attached hydrogens (tertiary/aromatic N) is 1. The van der Waals surface area contributed by atoms with E-state index in [0.717, 1.165) is 32.4 Å². The Bertz CT molecular complexity index is 699. The normalized spacial score (nSPS) is 38.5. The van der Waals surface area contributed by atoms with Crippen molar-refractivity contribution in [2.75, 3.05) is 26.9 Å². The molecule has 7 atom stereocenters. The van der Waals surface area contributed by atoms with Crippen molar-refractivity contribution in [1.82, 2.24) is 26.4 Å². The van der Waals surface area contributed by atoms with Crippen LogP contribution in [0.2, 0.25) is 0 Å². The predicted octanol–water partition coefficient (Wildman–Crippen LogP) is 1.12.